The molecular formula is C8H6ClFN. The van der Waals surface area contributed by atoms with E-state index in [2.05, 4.69) is 5.32 Å². The lowest BCUT2D eigenvalue weighted by atomic mass is 10.1. The van der Waals surface area contributed by atoms with Gasteiger partial charge in [0.1, 0.15) is 5.82 Å². The summed E-state index contributed by atoms with van der Waals surface area (Å²) in [6, 6.07) is 2.97. The SMILES string of the molecule is Fc1ccc(Cl)c2c1C[N]C2. The van der Waals surface area contributed by atoms with Gasteiger partial charge in [0.25, 0.3) is 0 Å². The largest absolute Gasteiger partial charge is 0.232 e. The summed E-state index contributed by atoms with van der Waals surface area (Å²) in [5, 5.41) is 4.68. The van der Waals surface area contributed by atoms with Crippen LogP contribution in [-0.2, 0) is 13.1 Å². The molecule has 1 heterocycles. The summed E-state index contributed by atoms with van der Waals surface area (Å²) in [6.07, 6.45) is 0. The quantitative estimate of drug-likeness (QED) is 0.566. The van der Waals surface area contributed by atoms with Crippen LogP contribution in [0.1, 0.15) is 11.1 Å². The molecule has 1 aliphatic rings. The highest BCUT2D eigenvalue weighted by molar-refractivity contribution is 6.31. The zero-order valence-electron chi connectivity index (χ0n) is 5.77. The Morgan fingerprint density at radius 3 is 2.73 bits per heavy atom. The number of rotatable bonds is 0. The molecule has 0 aliphatic carbocycles. The Hall–Kier alpha value is -0.600. The first-order valence-electron chi connectivity index (χ1n) is 3.38. The number of nitrogens with zero attached hydrogens (tertiary/aromatic N) is 1. The Morgan fingerprint density at radius 1 is 1.27 bits per heavy atom. The second-order valence-electron chi connectivity index (χ2n) is 2.53. The molecule has 0 unspecified atom stereocenters. The summed E-state index contributed by atoms with van der Waals surface area (Å²) in [7, 11) is 0. The highest BCUT2D eigenvalue weighted by Crippen LogP contribution is 2.26. The van der Waals surface area contributed by atoms with Crippen molar-refractivity contribution in [3.05, 3.63) is 34.1 Å². The van der Waals surface area contributed by atoms with Crippen LogP contribution in [0.2, 0.25) is 5.02 Å². The van der Waals surface area contributed by atoms with Crippen LogP contribution < -0.4 is 5.32 Å². The second-order valence-corrected chi connectivity index (χ2v) is 2.93. The van der Waals surface area contributed by atoms with E-state index in [0.29, 0.717) is 23.7 Å². The topological polar surface area (TPSA) is 14.1 Å². The van der Waals surface area contributed by atoms with Gasteiger partial charge in [0, 0.05) is 23.7 Å². The third-order valence-corrected chi connectivity index (χ3v) is 2.21. The summed E-state index contributed by atoms with van der Waals surface area (Å²) >= 11 is 5.81. The van der Waals surface area contributed by atoms with Gasteiger partial charge in [-0.25, -0.2) is 9.71 Å². The van der Waals surface area contributed by atoms with Crippen molar-refractivity contribution in [1.82, 2.24) is 5.32 Å². The van der Waals surface area contributed by atoms with Crippen molar-refractivity contribution < 1.29 is 4.39 Å². The molecule has 57 valence electrons. The summed E-state index contributed by atoms with van der Waals surface area (Å²) in [6.45, 7) is 1.04. The zero-order chi connectivity index (χ0) is 7.84. The molecule has 0 bridgehead atoms. The summed E-state index contributed by atoms with van der Waals surface area (Å²) in [4.78, 5) is 0. The van der Waals surface area contributed by atoms with Crippen LogP contribution in [0.4, 0.5) is 4.39 Å². The highest BCUT2D eigenvalue weighted by Gasteiger charge is 2.17. The first-order chi connectivity index (χ1) is 5.29. The van der Waals surface area contributed by atoms with E-state index in [4.69, 9.17) is 11.6 Å². The third-order valence-electron chi connectivity index (χ3n) is 1.86. The molecule has 0 atom stereocenters. The van der Waals surface area contributed by atoms with Gasteiger partial charge in [-0.2, -0.15) is 0 Å². The van der Waals surface area contributed by atoms with Crippen molar-refractivity contribution in [2.45, 2.75) is 13.1 Å². The van der Waals surface area contributed by atoms with Crippen LogP contribution in [0.15, 0.2) is 12.1 Å². The van der Waals surface area contributed by atoms with Gasteiger partial charge in [0.05, 0.1) is 0 Å². The maximum atomic E-state index is 13.0. The smallest absolute Gasteiger partial charge is 0.128 e. The van der Waals surface area contributed by atoms with Gasteiger partial charge in [-0.15, -0.1) is 0 Å². The molecule has 0 saturated heterocycles. The molecule has 0 spiro atoms. The van der Waals surface area contributed by atoms with Crippen molar-refractivity contribution >= 4 is 11.6 Å². The molecule has 1 nitrogen and oxygen atoms in total. The van der Waals surface area contributed by atoms with Crippen LogP contribution in [0.5, 0.6) is 0 Å². The van der Waals surface area contributed by atoms with Crippen LogP contribution in [0, 0.1) is 5.82 Å². The average Bonchev–Trinajstić information content (AvgIpc) is 2.45. The number of halogens is 2. The number of fused-ring (bicyclic) bond motifs is 1. The molecule has 0 fully saturated rings. The minimum atomic E-state index is -0.189. The van der Waals surface area contributed by atoms with Gasteiger partial charge in [0.15, 0.2) is 0 Å². The lowest BCUT2D eigenvalue weighted by Gasteiger charge is -2.00. The van der Waals surface area contributed by atoms with Crippen molar-refractivity contribution in [3.8, 4) is 0 Å². The first kappa shape index (κ1) is 7.07. The average molecular weight is 171 g/mol. The molecular weight excluding hydrogens is 165 g/mol. The monoisotopic (exact) mass is 170 g/mol. The van der Waals surface area contributed by atoms with E-state index in [9.17, 15) is 4.39 Å². The molecule has 1 radical (unpaired) electrons. The fourth-order valence-corrected chi connectivity index (χ4v) is 1.49. The molecule has 0 saturated carbocycles. The number of hydrogen-bond acceptors (Lipinski definition) is 0. The summed E-state index contributed by atoms with van der Waals surface area (Å²) in [5.74, 6) is -0.189. The van der Waals surface area contributed by atoms with E-state index in [1.54, 1.807) is 6.07 Å². The molecule has 1 aliphatic heterocycles. The molecule has 0 N–H and O–H groups in total. The molecule has 2 rings (SSSR count). The summed E-state index contributed by atoms with van der Waals surface area (Å²) < 4.78 is 13.0. The van der Waals surface area contributed by atoms with Gasteiger partial charge in [-0.1, -0.05) is 11.6 Å². The van der Waals surface area contributed by atoms with E-state index < -0.39 is 0 Å². The van der Waals surface area contributed by atoms with Crippen molar-refractivity contribution in [2.24, 2.45) is 0 Å². The first-order valence-corrected chi connectivity index (χ1v) is 3.76. The van der Waals surface area contributed by atoms with Crippen LogP contribution in [0.25, 0.3) is 0 Å². The van der Waals surface area contributed by atoms with Gasteiger partial charge in [0.2, 0.25) is 0 Å². The van der Waals surface area contributed by atoms with E-state index in [1.807, 2.05) is 0 Å². The Morgan fingerprint density at radius 2 is 2.00 bits per heavy atom. The van der Waals surface area contributed by atoms with Gasteiger partial charge in [-0.3, -0.25) is 0 Å². The number of hydrogen-bond donors (Lipinski definition) is 0. The normalized spacial score (nSPS) is 15.1. The molecule has 3 heteroatoms. The Bertz CT molecular complexity index is 269. The molecule has 0 aromatic heterocycles. The van der Waals surface area contributed by atoms with Crippen molar-refractivity contribution in [1.29, 1.82) is 0 Å². The maximum Gasteiger partial charge on any atom is 0.128 e. The lowest BCUT2D eigenvalue weighted by Crippen LogP contribution is -1.90. The van der Waals surface area contributed by atoms with Gasteiger partial charge >= 0.3 is 0 Å². The molecule has 1 aromatic rings. The Kier molecular flexibility index (Phi) is 1.59. The minimum Gasteiger partial charge on any atom is -0.232 e. The second kappa shape index (κ2) is 2.47. The van der Waals surface area contributed by atoms with Crippen LogP contribution in [-0.4, -0.2) is 0 Å². The van der Waals surface area contributed by atoms with Crippen LogP contribution in [0.3, 0.4) is 0 Å². The fraction of sp³-hybridized carbons (Fsp3) is 0.250. The van der Waals surface area contributed by atoms with Gasteiger partial charge < -0.3 is 0 Å². The number of benzene rings is 1. The van der Waals surface area contributed by atoms with Crippen molar-refractivity contribution in [2.75, 3.05) is 0 Å². The molecule has 11 heavy (non-hydrogen) atoms. The Balaban J connectivity index is 2.64. The standard InChI is InChI=1S/C8H6ClFN/c9-7-1-2-8(10)6-4-11-3-5(6)7/h1-2H,3-4H2. The zero-order valence-corrected chi connectivity index (χ0v) is 6.53. The predicted octanol–water partition coefficient (Wildman–Crippen LogP) is 2.10. The van der Waals surface area contributed by atoms with Crippen molar-refractivity contribution in [3.63, 3.8) is 0 Å². The van der Waals surface area contributed by atoms with Crippen LogP contribution >= 0.6 is 11.6 Å². The molecule has 0 amide bonds. The predicted molar refractivity (Wildman–Crippen MR) is 41.0 cm³/mol. The lowest BCUT2D eigenvalue weighted by molar-refractivity contribution is 0.607. The molecule has 1 aromatic carbocycles. The highest BCUT2D eigenvalue weighted by atomic mass is 35.5. The minimum absolute atomic E-state index is 0.189. The van der Waals surface area contributed by atoms with E-state index in [-0.39, 0.29) is 5.82 Å². The van der Waals surface area contributed by atoms with E-state index in [0.717, 1.165) is 5.56 Å². The summed E-state index contributed by atoms with van der Waals surface area (Å²) in [5.41, 5.74) is 1.52. The van der Waals surface area contributed by atoms with Gasteiger partial charge in [-0.05, 0) is 17.7 Å². The van der Waals surface area contributed by atoms with E-state index >= 15 is 0 Å². The Labute approximate surface area is 69.2 Å². The van der Waals surface area contributed by atoms with E-state index in [1.165, 1.54) is 6.07 Å². The third kappa shape index (κ3) is 1.03. The maximum absolute atomic E-state index is 13.0. The fourth-order valence-electron chi connectivity index (χ4n) is 1.26.